The minimum atomic E-state index is -0.474. The van der Waals surface area contributed by atoms with E-state index in [0.717, 1.165) is 18.4 Å². The summed E-state index contributed by atoms with van der Waals surface area (Å²) in [6.07, 6.45) is 1.40. The van der Waals surface area contributed by atoms with E-state index in [2.05, 4.69) is 0 Å². The van der Waals surface area contributed by atoms with Crippen LogP contribution in [-0.2, 0) is 11.2 Å². The van der Waals surface area contributed by atoms with Crippen LogP contribution in [0.5, 0.6) is 0 Å². The summed E-state index contributed by atoms with van der Waals surface area (Å²) in [5.41, 5.74) is 1.12. The smallest absolute Gasteiger partial charge is 0.409 e. The van der Waals surface area contributed by atoms with Gasteiger partial charge in [0.15, 0.2) is 0 Å². The molecule has 1 aromatic rings. The van der Waals surface area contributed by atoms with E-state index in [1.54, 1.807) is 4.90 Å². The van der Waals surface area contributed by atoms with Gasteiger partial charge in [-0.1, -0.05) is 30.3 Å². The molecule has 2 rings (SSSR count). The third-order valence-electron chi connectivity index (χ3n) is 3.44. The van der Waals surface area contributed by atoms with Crippen LogP contribution in [-0.4, -0.2) is 41.9 Å². The maximum absolute atomic E-state index is 11.7. The van der Waals surface area contributed by atoms with Crippen LogP contribution in [0, 0.1) is 0 Å². The highest BCUT2D eigenvalue weighted by atomic mass is 16.5. The molecule has 1 N–H and O–H groups in total. The maximum Gasteiger partial charge on any atom is 0.409 e. The molecule has 0 spiro atoms. The molecule has 1 amide bonds. The lowest BCUT2D eigenvalue weighted by Crippen LogP contribution is -2.52. The number of benzene rings is 1. The summed E-state index contributed by atoms with van der Waals surface area (Å²) >= 11 is 0. The van der Waals surface area contributed by atoms with Gasteiger partial charge in [0.25, 0.3) is 0 Å². The molecule has 0 radical (unpaired) electrons. The molecule has 4 heteroatoms. The molecule has 1 saturated heterocycles. The molecule has 1 aliphatic rings. The van der Waals surface area contributed by atoms with Gasteiger partial charge in [-0.05, 0) is 24.8 Å². The molecular formula is C14H19NO3. The average molecular weight is 249 g/mol. The van der Waals surface area contributed by atoms with Crippen molar-refractivity contribution in [3.8, 4) is 0 Å². The summed E-state index contributed by atoms with van der Waals surface area (Å²) in [4.78, 5) is 13.3. The van der Waals surface area contributed by atoms with Gasteiger partial charge in [-0.25, -0.2) is 4.79 Å². The third kappa shape index (κ3) is 2.82. The number of aliphatic hydroxyl groups excluding tert-OH is 1. The molecule has 1 aliphatic heterocycles. The Morgan fingerprint density at radius 1 is 1.44 bits per heavy atom. The number of aliphatic hydroxyl groups is 1. The molecule has 4 nitrogen and oxygen atoms in total. The first-order valence-corrected chi connectivity index (χ1v) is 6.29. The van der Waals surface area contributed by atoms with Gasteiger partial charge in [0.1, 0.15) is 0 Å². The van der Waals surface area contributed by atoms with E-state index in [9.17, 15) is 9.90 Å². The van der Waals surface area contributed by atoms with Crippen LogP contribution in [0.3, 0.4) is 0 Å². The largest absolute Gasteiger partial charge is 0.453 e. The third-order valence-corrected chi connectivity index (χ3v) is 3.44. The van der Waals surface area contributed by atoms with Crippen molar-refractivity contribution in [3.05, 3.63) is 35.9 Å². The molecular weight excluding hydrogens is 230 g/mol. The van der Waals surface area contributed by atoms with Crippen molar-refractivity contribution >= 4 is 6.09 Å². The summed E-state index contributed by atoms with van der Waals surface area (Å²) < 4.78 is 4.78. The number of methoxy groups -OCH3 is 1. The first-order chi connectivity index (χ1) is 8.72. The number of carbonyl (C=O) groups excluding carboxylic acids is 1. The number of ether oxygens (including phenoxy) is 1. The molecule has 0 saturated carbocycles. The Morgan fingerprint density at radius 3 is 2.83 bits per heavy atom. The van der Waals surface area contributed by atoms with Crippen LogP contribution >= 0.6 is 0 Å². The van der Waals surface area contributed by atoms with E-state index in [4.69, 9.17) is 4.74 Å². The number of amides is 1. The lowest BCUT2D eigenvalue weighted by Gasteiger charge is -2.38. The van der Waals surface area contributed by atoms with Gasteiger partial charge in [0.05, 0.1) is 19.3 Å². The average Bonchev–Trinajstić information content (AvgIpc) is 2.41. The Bertz CT molecular complexity index is 393. The fraction of sp³-hybridized carbons (Fsp3) is 0.500. The van der Waals surface area contributed by atoms with Crippen molar-refractivity contribution in [2.75, 3.05) is 13.7 Å². The lowest BCUT2D eigenvalue weighted by atomic mass is 9.93. The van der Waals surface area contributed by atoms with Crippen molar-refractivity contribution in [3.63, 3.8) is 0 Å². The van der Waals surface area contributed by atoms with Gasteiger partial charge in [-0.15, -0.1) is 0 Å². The Labute approximate surface area is 107 Å². The second kappa shape index (κ2) is 5.87. The van der Waals surface area contributed by atoms with E-state index >= 15 is 0 Å². The zero-order chi connectivity index (χ0) is 13.0. The molecule has 2 atom stereocenters. The van der Waals surface area contributed by atoms with Crippen molar-refractivity contribution < 1.29 is 14.6 Å². The van der Waals surface area contributed by atoms with Gasteiger partial charge in [-0.3, -0.25) is 0 Å². The van der Waals surface area contributed by atoms with Crippen molar-refractivity contribution in [1.82, 2.24) is 4.90 Å². The summed E-state index contributed by atoms with van der Waals surface area (Å²) in [7, 11) is 1.38. The van der Waals surface area contributed by atoms with E-state index in [1.807, 2.05) is 30.3 Å². The molecule has 1 heterocycles. The Hall–Kier alpha value is -1.55. The van der Waals surface area contributed by atoms with E-state index in [0.29, 0.717) is 13.0 Å². The molecule has 1 fully saturated rings. The van der Waals surface area contributed by atoms with Crippen molar-refractivity contribution in [2.24, 2.45) is 0 Å². The second-order valence-corrected chi connectivity index (χ2v) is 4.63. The van der Waals surface area contributed by atoms with Crippen LogP contribution in [0.2, 0.25) is 0 Å². The van der Waals surface area contributed by atoms with E-state index in [1.165, 1.54) is 7.11 Å². The SMILES string of the molecule is COC(=O)N1CCCC(O)C1Cc1ccccc1. The van der Waals surface area contributed by atoms with Crippen LogP contribution in [0.1, 0.15) is 18.4 Å². The monoisotopic (exact) mass is 249 g/mol. The van der Waals surface area contributed by atoms with Gasteiger partial charge < -0.3 is 14.7 Å². The molecule has 2 unspecified atom stereocenters. The number of piperidine rings is 1. The zero-order valence-corrected chi connectivity index (χ0v) is 10.6. The number of rotatable bonds is 2. The van der Waals surface area contributed by atoms with Gasteiger partial charge in [-0.2, -0.15) is 0 Å². The highest BCUT2D eigenvalue weighted by molar-refractivity contribution is 5.68. The van der Waals surface area contributed by atoms with Gasteiger partial charge in [0.2, 0.25) is 0 Å². The molecule has 0 bridgehead atoms. The molecule has 0 aliphatic carbocycles. The standard InChI is InChI=1S/C14H19NO3/c1-18-14(17)15-9-5-8-13(16)12(15)10-11-6-3-2-4-7-11/h2-4,6-7,12-13,16H,5,8-10H2,1H3. The Kier molecular flexibility index (Phi) is 4.20. The first kappa shape index (κ1) is 12.9. The minimum absolute atomic E-state index is 0.186. The highest BCUT2D eigenvalue weighted by Gasteiger charge is 2.33. The quantitative estimate of drug-likeness (QED) is 0.869. The lowest BCUT2D eigenvalue weighted by molar-refractivity contribution is 0.0112. The molecule has 1 aromatic carbocycles. The highest BCUT2D eigenvalue weighted by Crippen LogP contribution is 2.22. The Morgan fingerprint density at radius 2 is 2.17 bits per heavy atom. The Balaban J connectivity index is 2.12. The molecule has 18 heavy (non-hydrogen) atoms. The second-order valence-electron chi connectivity index (χ2n) is 4.63. The summed E-state index contributed by atoms with van der Waals surface area (Å²) in [6.45, 7) is 0.654. The summed E-state index contributed by atoms with van der Waals surface area (Å²) in [5.74, 6) is 0. The molecule has 98 valence electrons. The zero-order valence-electron chi connectivity index (χ0n) is 10.6. The van der Waals surface area contributed by atoms with Crippen LogP contribution < -0.4 is 0 Å². The number of carbonyl (C=O) groups is 1. The number of hydrogen-bond acceptors (Lipinski definition) is 3. The van der Waals surface area contributed by atoms with Gasteiger partial charge in [0, 0.05) is 6.54 Å². The maximum atomic E-state index is 11.7. The van der Waals surface area contributed by atoms with Crippen molar-refractivity contribution in [2.45, 2.75) is 31.4 Å². The van der Waals surface area contributed by atoms with Crippen LogP contribution in [0.25, 0.3) is 0 Å². The predicted octanol–water partition coefficient (Wildman–Crippen LogP) is 1.82. The number of nitrogens with zero attached hydrogens (tertiary/aromatic N) is 1. The predicted molar refractivity (Wildman–Crippen MR) is 68.3 cm³/mol. The fourth-order valence-corrected chi connectivity index (χ4v) is 2.48. The fourth-order valence-electron chi connectivity index (χ4n) is 2.48. The van der Waals surface area contributed by atoms with Crippen LogP contribution in [0.4, 0.5) is 4.79 Å². The normalized spacial score (nSPS) is 23.8. The van der Waals surface area contributed by atoms with E-state index < -0.39 is 6.10 Å². The summed E-state index contributed by atoms with van der Waals surface area (Å²) in [5, 5.41) is 10.1. The van der Waals surface area contributed by atoms with Gasteiger partial charge >= 0.3 is 6.09 Å². The number of hydrogen-bond donors (Lipinski definition) is 1. The van der Waals surface area contributed by atoms with E-state index in [-0.39, 0.29) is 12.1 Å². The minimum Gasteiger partial charge on any atom is -0.453 e. The van der Waals surface area contributed by atoms with Crippen LogP contribution in [0.15, 0.2) is 30.3 Å². The van der Waals surface area contributed by atoms with Crippen molar-refractivity contribution in [1.29, 1.82) is 0 Å². The summed E-state index contributed by atoms with van der Waals surface area (Å²) in [6, 6.07) is 9.72. The molecule has 0 aromatic heterocycles. The first-order valence-electron chi connectivity index (χ1n) is 6.29. The topological polar surface area (TPSA) is 49.8 Å². The number of likely N-dealkylation sites (tertiary alicyclic amines) is 1.